The third-order valence-electron chi connectivity index (χ3n) is 1.09. The fraction of sp³-hybridized carbons (Fsp3) is 0.167. The molecule has 1 aromatic heterocycles. The fourth-order valence-electron chi connectivity index (χ4n) is 0.566. The molecule has 0 atom stereocenters. The summed E-state index contributed by atoms with van der Waals surface area (Å²) in [4.78, 5) is 0. The van der Waals surface area contributed by atoms with Crippen LogP contribution in [0.2, 0.25) is 4.34 Å². The zero-order valence-electron chi connectivity index (χ0n) is 5.85. The second-order valence-electron chi connectivity index (χ2n) is 1.81. The van der Waals surface area contributed by atoms with E-state index in [1.54, 1.807) is 7.05 Å². The Hall–Kier alpha value is -0.320. The highest BCUT2D eigenvalue weighted by Crippen LogP contribution is 2.27. The number of rotatable bonds is 1. The van der Waals surface area contributed by atoms with Crippen molar-refractivity contribution < 1.29 is 0 Å². The molecular weight excluding hydrogens is 200 g/mol. The Morgan fingerprint density at radius 3 is 2.91 bits per heavy atom. The average Bonchev–Trinajstić information content (AvgIpc) is 2.37. The molecule has 0 bridgehead atoms. The van der Waals surface area contributed by atoms with Crippen LogP contribution in [0.3, 0.4) is 0 Å². The maximum Gasteiger partial charge on any atom is 0.170 e. The second-order valence-corrected chi connectivity index (χ2v) is 3.74. The number of nitrogens with one attached hydrogen (secondary N) is 2. The van der Waals surface area contributed by atoms with Gasteiger partial charge in [0.15, 0.2) is 5.11 Å². The minimum absolute atomic E-state index is 0.574. The van der Waals surface area contributed by atoms with Crippen LogP contribution in [0.4, 0.5) is 5.69 Å². The highest BCUT2D eigenvalue weighted by Gasteiger charge is 2.00. The standard InChI is InChI=1S/C6H7ClN2S2/c1-8-6(10)9-4-2-3-11-5(4)7/h2-3H,1H3,(H2,8,9,10). The third kappa shape index (κ3) is 2.32. The van der Waals surface area contributed by atoms with E-state index in [-0.39, 0.29) is 0 Å². The zero-order valence-corrected chi connectivity index (χ0v) is 8.24. The molecule has 2 N–H and O–H groups in total. The fourth-order valence-corrected chi connectivity index (χ4v) is 1.51. The Bertz CT molecular complexity index is 259. The molecule has 0 aliphatic rings. The first-order valence-corrected chi connectivity index (χ1v) is 4.62. The van der Waals surface area contributed by atoms with Crippen molar-refractivity contribution >= 4 is 46.0 Å². The highest BCUT2D eigenvalue weighted by atomic mass is 35.5. The van der Waals surface area contributed by atoms with E-state index in [9.17, 15) is 0 Å². The molecule has 0 unspecified atom stereocenters. The first-order chi connectivity index (χ1) is 5.24. The van der Waals surface area contributed by atoms with Gasteiger partial charge in [-0.1, -0.05) is 11.6 Å². The van der Waals surface area contributed by atoms with Gasteiger partial charge in [0.05, 0.1) is 5.69 Å². The van der Waals surface area contributed by atoms with Gasteiger partial charge in [0.25, 0.3) is 0 Å². The second kappa shape index (κ2) is 3.90. The molecule has 0 fully saturated rings. The smallest absolute Gasteiger partial charge is 0.170 e. The number of thiophene rings is 1. The lowest BCUT2D eigenvalue weighted by atomic mass is 10.5. The number of halogens is 1. The van der Waals surface area contributed by atoms with E-state index in [2.05, 4.69) is 10.6 Å². The van der Waals surface area contributed by atoms with Gasteiger partial charge in [-0.2, -0.15) is 0 Å². The Morgan fingerprint density at radius 1 is 1.73 bits per heavy atom. The number of thiocarbonyl (C=S) groups is 1. The van der Waals surface area contributed by atoms with E-state index in [1.165, 1.54) is 11.3 Å². The van der Waals surface area contributed by atoms with Crippen molar-refractivity contribution in [2.75, 3.05) is 12.4 Å². The lowest BCUT2D eigenvalue weighted by Gasteiger charge is -2.03. The predicted molar refractivity (Wildman–Crippen MR) is 54.6 cm³/mol. The summed E-state index contributed by atoms with van der Waals surface area (Å²) in [7, 11) is 1.76. The summed E-state index contributed by atoms with van der Waals surface area (Å²) in [5.41, 5.74) is 0.857. The van der Waals surface area contributed by atoms with Gasteiger partial charge in [-0.05, 0) is 23.7 Å². The van der Waals surface area contributed by atoms with Gasteiger partial charge < -0.3 is 10.6 Å². The lowest BCUT2D eigenvalue weighted by molar-refractivity contribution is 1.20. The average molecular weight is 207 g/mol. The molecule has 1 heterocycles. The molecule has 1 rings (SSSR count). The Labute approximate surface area is 79.6 Å². The van der Waals surface area contributed by atoms with Gasteiger partial charge in [0, 0.05) is 7.05 Å². The lowest BCUT2D eigenvalue weighted by Crippen LogP contribution is -2.23. The topological polar surface area (TPSA) is 24.1 Å². The molecule has 60 valence electrons. The molecule has 0 amide bonds. The van der Waals surface area contributed by atoms with Gasteiger partial charge in [0.2, 0.25) is 0 Å². The van der Waals surface area contributed by atoms with Crippen molar-refractivity contribution in [3.63, 3.8) is 0 Å². The first kappa shape index (κ1) is 8.77. The van der Waals surface area contributed by atoms with Crippen LogP contribution in [0.1, 0.15) is 0 Å². The van der Waals surface area contributed by atoms with Crippen molar-refractivity contribution in [3.05, 3.63) is 15.8 Å². The van der Waals surface area contributed by atoms with Crippen LogP contribution in [-0.2, 0) is 0 Å². The van der Waals surface area contributed by atoms with Gasteiger partial charge in [-0.3, -0.25) is 0 Å². The molecule has 0 aliphatic heterocycles. The van der Waals surface area contributed by atoms with Crippen molar-refractivity contribution in [3.8, 4) is 0 Å². The number of hydrogen-bond acceptors (Lipinski definition) is 2. The van der Waals surface area contributed by atoms with E-state index in [4.69, 9.17) is 23.8 Å². The van der Waals surface area contributed by atoms with Crippen LogP contribution in [0.5, 0.6) is 0 Å². The summed E-state index contributed by atoms with van der Waals surface area (Å²) in [6, 6.07) is 1.89. The van der Waals surface area contributed by atoms with Crippen LogP contribution in [0.15, 0.2) is 11.4 Å². The first-order valence-electron chi connectivity index (χ1n) is 2.95. The summed E-state index contributed by atoms with van der Waals surface area (Å²) < 4.78 is 0.725. The molecule has 11 heavy (non-hydrogen) atoms. The van der Waals surface area contributed by atoms with Crippen LogP contribution in [0.25, 0.3) is 0 Å². The van der Waals surface area contributed by atoms with Crippen LogP contribution in [-0.4, -0.2) is 12.2 Å². The molecule has 0 spiro atoms. The number of hydrogen-bond donors (Lipinski definition) is 2. The minimum Gasteiger partial charge on any atom is -0.366 e. The van der Waals surface area contributed by atoms with Crippen LogP contribution in [0, 0.1) is 0 Å². The van der Waals surface area contributed by atoms with E-state index < -0.39 is 0 Å². The number of anilines is 1. The molecule has 2 nitrogen and oxygen atoms in total. The maximum atomic E-state index is 5.81. The van der Waals surface area contributed by atoms with Crippen LogP contribution >= 0.6 is 35.2 Å². The molecule has 5 heteroatoms. The van der Waals surface area contributed by atoms with Gasteiger partial charge in [-0.25, -0.2) is 0 Å². The van der Waals surface area contributed by atoms with Gasteiger partial charge in [0.1, 0.15) is 4.34 Å². The normalized spacial score (nSPS) is 9.27. The maximum absolute atomic E-state index is 5.81. The van der Waals surface area contributed by atoms with Crippen molar-refractivity contribution in [2.24, 2.45) is 0 Å². The molecule has 0 saturated heterocycles. The summed E-state index contributed by atoms with van der Waals surface area (Å²) in [6.45, 7) is 0. The van der Waals surface area contributed by atoms with Crippen molar-refractivity contribution in [1.82, 2.24) is 5.32 Å². The summed E-state index contributed by atoms with van der Waals surface area (Å²) in [6.07, 6.45) is 0. The quantitative estimate of drug-likeness (QED) is 0.690. The SMILES string of the molecule is CNC(=S)Nc1ccsc1Cl. The zero-order chi connectivity index (χ0) is 8.27. The van der Waals surface area contributed by atoms with Gasteiger partial charge in [-0.15, -0.1) is 11.3 Å². The summed E-state index contributed by atoms with van der Waals surface area (Å²) in [5, 5.41) is 8.22. The molecule has 1 aromatic rings. The van der Waals surface area contributed by atoms with Crippen LogP contribution < -0.4 is 10.6 Å². The Morgan fingerprint density at radius 2 is 2.45 bits per heavy atom. The van der Waals surface area contributed by atoms with Gasteiger partial charge >= 0.3 is 0 Å². The third-order valence-corrected chi connectivity index (χ3v) is 2.57. The van der Waals surface area contributed by atoms with E-state index in [0.717, 1.165) is 10.0 Å². The highest BCUT2D eigenvalue weighted by molar-refractivity contribution is 7.80. The van der Waals surface area contributed by atoms with Crippen molar-refractivity contribution in [2.45, 2.75) is 0 Å². The summed E-state index contributed by atoms with van der Waals surface area (Å²) >= 11 is 12.2. The predicted octanol–water partition coefficient (Wildman–Crippen LogP) is 2.32. The van der Waals surface area contributed by atoms with Crippen molar-refractivity contribution in [1.29, 1.82) is 0 Å². The molecular formula is C6H7ClN2S2. The molecule has 0 saturated carbocycles. The van der Waals surface area contributed by atoms with E-state index in [1.807, 2.05) is 11.4 Å². The minimum atomic E-state index is 0.574. The van der Waals surface area contributed by atoms with E-state index >= 15 is 0 Å². The summed E-state index contributed by atoms with van der Waals surface area (Å²) in [5.74, 6) is 0. The monoisotopic (exact) mass is 206 g/mol. The van der Waals surface area contributed by atoms with E-state index in [0.29, 0.717) is 5.11 Å². The largest absolute Gasteiger partial charge is 0.366 e. The Kier molecular flexibility index (Phi) is 3.11. The molecule has 0 aromatic carbocycles. The Balaban J connectivity index is 2.64. The molecule has 0 aliphatic carbocycles. The molecule has 0 radical (unpaired) electrons.